The molecule has 0 bridgehead atoms. The Kier molecular flexibility index (Phi) is 3.33. The molecule has 1 aliphatic rings. The van der Waals surface area contributed by atoms with E-state index in [1.165, 1.54) is 11.3 Å². The first-order valence-electron chi connectivity index (χ1n) is 5.19. The van der Waals surface area contributed by atoms with Crippen molar-refractivity contribution < 1.29 is 4.79 Å². The van der Waals surface area contributed by atoms with E-state index < -0.39 is 0 Å². The van der Waals surface area contributed by atoms with Gasteiger partial charge < -0.3 is 10.6 Å². The number of aromatic nitrogens is 1. The highest BCUT2D eigenvalue weighted by Gasteiger charge is 2.18. The number of hydrogen-bond acceptors (Lipinski definition) is 4. The molecule has 82 valence electrons. The zero-order valence-corrected chi connectivity index (χ0v) is 9.56. The standard InChI is InChI=1S/C10H15N3OS/c1-7-9(15-6-12-7)10(14)13-8-3-2-4-11-5-8/h6,8,11H,2-5H2,1H3,(H,13,14)/t8-/m1/s1. The lowest BCUT2D eigenvalue weighted by atomic mass is 10.1. The normalized spacial score (nSPS) is 21.3. The van der Waals surface area contributed by atoms with Gasteiger partial charge in [-0.15, -0.1) is 11.3 Å². The second kappa shape index (κ2) is 4.72. The van der Waals surface area contributed by atoms with Crippen molar-refractivity contribution >= 4 is 17.2 Å². The van der Waals surface area contributed by atoms with E-state index in [0.29, 0.717) is 0 Å². The van der Waals surface area contributed by atoms with Gasteiger partial charge in [0.05, 0.1) is 11.2 Å². The maximum absolute atomic E-state index is 11.8. The fraction of sp³-hybridized carbons (Fsp3) is 0.600. The third-order valence-electron chi connectivity index (χ3n) is 2.58. The summed E-state index contributed by atoms with van der Waals surface area (Å²) >= 11 is 1.40. The molecule has 2 heterocycles. The quantitative estimate of drug-likeness (QED) is 0.787. The minimum Gasteiger partial charge on any atom is -0.347 e. The Labute approximate surface area is 93.1 Å². The van der Waals surface area contributed by atoms with Crippen molar-refractivity contribution in [3.8, 4) is 0 Å². The first-order valence-corrected chi connectivity index (χ1v) is 6.07. The first-order chi connectivity index (χ1) is 7.27. The Morgan fingerprint density at radius 1 is 1.73 bits per heavy atom. The minimum atomic E-state index is 0.0173. The van der Waals surface area contributed by atoms with E-state index >= 15 is 0 Å². The summed E-state index contributed by atoms with van der Waals surface area (Å²) in [6.45, 7) is 3.81. The topological polar surface area (TPSA) is 54.0 Å². The van der Waals surface area contributed by atoms with E-state index in [2.05, 4.69) is 15.6 Å². The molecule has 1 aliphatic heterocycles. The molecule has 1 fully saturated rings. The van der Waals surface area contributed by atoms with Crippen molar-refractivity contribution in [2.75, 3.05) is 13.1 Å². The number of rotatable bonds is 2. The van der Waals surface area contributed by atoms with Crippen LogP contribution in [0.2, 0.25) is 0 Å². The maximum Gasteiger partial charge on any atom is 0.263 e. The van der Waals surface area contributed by atoms with Crippen LogP contribution >= 0.6 is 11.3 Å². The fourth-order valence-corrected chi connectivity index (χ4v) is 2.45. The monoisotopic (exact) mass is 225 g/mol. The van der Waals surface area contributed by atoms with Crippen molar-refractivity contribution in [3.63, 3.8) is 0 Å². The molecule has 1 aromatic heterocycles. The third kappa shape index (κ3) is 2.54. The van der Waals surface area contributed by atoms with E-state index in [9.17, 15) is 4.79 Å². The number of hydrogen-bond donors (Lipinski definition) is 2. The Morgan fingerprint density at radius 2 is 2.60 bits per heavy atom. The molecule has 4 nitrogen and oxygen atoms in total. The Hall–Kier alpha value is -0.940. The van der Waals surface area contributed by atoms with E-state index in [1.807, 2.05) is 6.92 Å². The van der Waals surface area contributed by atoms with Gasteiger partial charge in [0.1, 0.15) is 4.88 Å². The number of amides is 1. The Balaban J connectivity index is 1.94. The number of thiazole rings is 1. The van der Waals surface area contributed by atoms with E-state index in [4.69, 9.17) is 0 Å². The van der Waals surface area contributed by atoms with Crippen LogP contribution in [0.5, 0.6) is 0 Å². The van der Waals surface area contributed by atoms with Gasteiger partial charge in [0.2, 0.25) is 0 Å². The lowest BCUT2D eigenvalue weighted by Crippen LogP contribution is -2.45. The van der Waals surface area contributed by atoms with Crippen molar-refractivity contribution in [2.24, 2.45) is 0 Å². The lowest BCUT2D eigenvalue weighted by molar-refractivity contribution is 0.0934. The summed E-state index contributed by atoms with van der Waals surface area (Å²) in [6, 6.07) is 0.271. The third-order valence-corrected chi connectivity index (χ3v) is 3.51. The van der Waals surface area contributed by atoms with Gasteiger partial charge >= 0.3 is 0 Å². The second-order valence-corrected chi connectivity index (χ2v) is 4.64. The van der Waals surface area contributed by atoms with E-state index in [-0.39, 0.29) is 11.9 Å². The predicted octanol–water partition coefficient (Wildman–Crippen LogP) is 0.933. The number of nitrogens with one attached hydrogen (secondary N) is 2. The molecule has 0 radical (unpaired) electrons. The highest BCUT2D eigenvalue weighted by atomic mass is 32.1. The molecule has 5 heteroatoms. The smallest absolute Gasteiger partial charge is 0.263 e. The summed E-state index contributed by atoms with van der Waals surface area (Å²) in [7, 11) is 0. The van der Waals surface area contributed by atoms with E-state index in [0.717, 1.165) is 36.5 Å². The molecule has 15 heavy (non-hydrogen) atoms. The maximum atomic E-state index is 11.8. The van der Waals surface area contributed by atoms with Gasteiger partial charge in [-0.3, -0.25) is 4.79 Å². The average Bonchev–Trinajstić information content (AvgIpc) is 2.66. The van der Waals surface area contributed by atoms with Crippen molar-refractivity contribution in [1.82, 2.24) is 15.6 Å². The minimum absolute atomic E-state index is 0.0173. The molecule has 1 atom stereocenters. The van der Waals surface area contributed by atoms with Crippen LogP contribution in [0.15, 0.2) is 5.51 Å². The predicted molar refractivity (Wildman–Crippen MR) is 60.2 cm³/mol. The van der Waals surface area contributed by atoms with Crippen LogP contribution in [0, 0.1) is 6.92 Å². The van der Waals surface area contributed by atoms with Gasteiger partial charge in [-0.25, -0.2) is 4.98 Å². The number of aryl methyl sites for hydroxylation is 1. The molecule has 0 aliphatic carbocycles. The molecule has 0 unspecified atom stereocenters. The molecule has 1 aromatic rings. The van der Waals surface area contributed by atoms with Gasteiger partial charge in [-0.1, -0.05) is 0 Å². The van der Waals surface area contributed by atoms with Gasteiger partial charge in [0.15, 0.2) is 0 Å². The van der Waals surface area contributed by atoms with Gasteiger partial charge in [0.25, 0.3) is 5.91 Å². The van der Waals surface area contributed by atoms with Crippen molar-refractivity contribution in [3.05, 3.63) is 16.1 Å². The summed E-state index contributed by atoms with van der Waals surface area (Å²) in [4.78, 5) is 16.6. The van der Waals surface area contributed by atoms with Crippen LogP contribution in [0.25, 0.3) is 0 Å². The molecular formula is C10H15N3OS. The van der Waals surface area contributed by atoms with Crippen molar-refractivity contribution in [1.29, 1.82) is 0 Å². The van der Waals surface area contributed by atoms with E-state index in [1.54, 1.807) is 5.51 Å². The molecule has 2 rings (SSSR count). The van der Waals surface area contributed by atoms with Gasteiger partial charge in [0, 0.05) is 12.6 Å². The van der Waals surface area contributed by atoms with Crippen LogP contribution in [-0.4, -0.2) is 30.0 Å². The zero-order chi connectivity index (χ0) is 10.7. The molecule has 2 N–H and O–H groups in total. The summed E-state index contributed by atoms with van der Waals surface area (Å²) in [5, 5.41) is 6.30. The molecule has 1 saturated heterocycles. The van der Waals surface area contributed by atoms with Crippen LogP contribution in [0.3, 0.4) is 0 Å². The summed E-state index contributed by atoms with van der Waals surface area (Å²) in [5.74, 6) is 0.0173. The molecule has 0 saturated carbocycles. The average molecular weight is 225 g/mol. The Bertz CT molecular complexity index is 344. The number of nitrogens with zero attached hydrogens (tertiary/aromatic N) is 1. The number of carbonyl (C=O) groups excluding carboxylic acids is 1. The van der Waals surface area contributed by atoms with Crippen LogP contribution in [-0.2, 0) is 0 Å². The summed E-state index contributed by atoms with van der Waals surface area (Å²) in [6.07, 6.45) is 2.20. The van der Waals surface area contributed by atoms with Crippen LogP contribution < -0.4 is 10.6 Å². The van der Waals surface area contributed by atoms with Gasteiger partial charge in [-0.05, 0) is 26.3 Å². The SMILES string of the molecule is Cc1ncsc1C(=O)N[C@@H]1CCCNC1. The zero-order valence-electron chi connectivity index (χ0n) is 8.75. The largest absolute Gasteiger partial charge is 0.347 e. The highest BCUT2D eigenvalue weighted by molar-refractivity contribution is 7.11. The lowest BCUT2D eigenvalue weighted by Gasteiger charge is -2.23. The molecule has 1 amide bonds. The van der Waals surface area contributed by atoms with Crippen molar-refractivity contribution in [2.45, 2.75) is 25.8 Å². The highest BCUT2D eigenvalue weighted by Crippen LogP contribution is 2.12. The number of piperidine rings is 1. The van der Waals surface area contributed by atoms with Crippen LogP contribution in [0.4, 0.5) is 0 Å². The molecule has 0 aromatic carbocycles. The van der Waals surface area contributed by atoms with Crippen LogP contribution in [0.1, 0.15) is 28.2 Å². The molecular weight excluding hydrogens is 210 g/mol. The van der Waals surface area contributed by atoms with Gasteiger partial charge in [-0.2, -0.15) is 0 Å². The summed E-state index contributed by atoms with van der Waals surface area (Å²) < 4.78 is 0. The fourth-order valence-electron chi connectivity index (χ4n) is 1.75. The first kappa shape index (κ1) is 10.6. The number of carbonyl (C=O) groups is 1. The molecule has 0 spiro atoms. The Morgan fingerprint density at radius 3 is 3.20 bits per heavy atom. The summed E-state index contributed by atoms with van der Waals surface area (Å²) in [5.41, 5.74) is 2.53. The second-order valence-electron chi connectivity index (χ2n) is 3.78.